The SMILES string of the molecule is N=C(N)c1cc(Br)ccc1N1CCC[C@H]2CCCC[C@H]21. The van der Waals surface area contributed by atoms with Crippen molar-refractivity contribution in [1.29, 1.82) is 5.41 Å². The minimum atomic E-state index is 0.166. The molecule has 3 nitrogen and oxygen atoms in total. The fourth-order valence-electron chi connectivity index (χ4n) is 3.90. The second-order valence-corrected chi connectivity index (χ2v) is 6.94. The molecule has 1 aliphatic carbocycles. The van der Waals surface area contributed by atoms with Gasteiger partial charge in [0.15, 0.2) is 0 Å². The lowest BCUT2D eigenvalue weighted by Gasteiger charge is -2.46. The number of amidine groups is 1. The summed E-state index contributed by atoms with van der Waals surface area (Å²) >= 11 is 3.49. The number of anilines is 1. The Labute approximate surface area is 129 Å². The number of nitrogen functional groups attached to an aromatic ring is 1. The van der Waals surface area contributed by atoms with Crippen LogP contribution in [0.15, 0.2) is 22.7 Å². The van der Waals surface area contributed by atoms with Gasteiger partial charge < -0.3 is 10.6 Å². The van der Waals surface area contributed by atoms with Crippen LogP contribution in [-0.4, -0.2) is 18.4 Å². The number of rotatable bonds is 2. The van der Waals surface area contributed by atoms with E-state index in [1.807, 2.05) is 6.07 Å². The van der Waals surface area contributed by atoms with E-state index in [0.717, 1.165) is 28.2 Å². The molecular weight excluding hydrogens is 314 g/mol. The standard InChI is InChI=1S/C16H22BrN3/c17-12-7-8-15(13(10-12)16(18)19)20-9-3-5-11-4-1-2-6-14(11)20/h7-8,10-11,14H,1-6,9H2,(H3,18,19)/t11-,14-/m1/s1. The zero-order valence-electron chi connectivity index (χ0n) is 11.7. The predicted molar refractivity (Wildman–Crippen MR) is 87.5 cm³/mol. The minimum absolute atomic E-state index is 0.166. The fourth-order valence-corrected chi connectivity index (χ4v) is 4.26. The molecule has 20 heavy (non-hydrogen) atoms. The smallest absolute Gasteiger partial charge is 0.124 e. The molecule has 0 spiro atoms. The molecule has 108 valence electrons. The lowest BCUT2D eigenvalue weighted by Crippen LogP contribution is -2.47. The molecule has 2 atom stereocenters. The van der Waals surface area contributed by atoms with Crippen molar-refractivity contribution < 1.29 is 0 Å². The van der Waals surface area contributed by atoms with Gasteiger partial charge in [-0.3, -0.25) is 5.41 Å². The Morgan fingerprint density at radius 1 is 1.20 bits per heavy atom. The Hall–Kier alpha value is -1.03. The van der Waals surface area contributed by atoms with Gasteiger partial charge in [-0.15, -0.1) is 0 Å². The van der Waals surface area contributed by atoms with Crippen molar-refractivity contribution in [1.82, 2.24) is 0 Å². The van der Waals surface area contributed by atoms with Gasteiger partial charge in [-0.2, -0.15) is 0 Å². The summed E-state index contributed by atoms with van der Waals surface area (Å²) < 4.78 is 0.989. The van der Waals surface area contributed by atoms with Gasteiger partial charge in [-0.1, -0.05) is 28.8 Å². The van der Waals surface area contributed by atoms with Crippen molar-refractivity contribution in [2.45, 2.75) is 44.6 Å². The second kappa shape index (κ2) is 5.76. The third kappa shape index (κ3) is 2.58. The summed E-state index contributed by atoms with van der Waals surface area (Å²) in [6, 6.07) is 6.81. The first-order valence-corrected chi connectivity index (χ1v) is 8.36. The molecule has 1 saturated carbocycles. The maximum absolute atomic E-state index is 7.85. The number of nitrogens with zero attached hydrogens (tertiary/aromatic N) is 1. The number of hydrogen-bond donors (Lipinski definition) is 2. The molecule has 1 aromatic rings. The molecular formula is C16H22BrN3. The molecule has 1 aliphatic heterocycles. The summed E-state index contributed by atoms with van der Waals surface area (Å²) in [5, 5.41) is 7.85. The highest BCUT2D eigenvalue weighted by molar-refractivity contribution is 9.10. The monoisotopic (exact) mass is 335 g/mol. The fraction of sp³-hybridized carbons (Fsp3) is 0.562. The molecule has 0 unspecified atom stereocenters. The van der Waals surface area contributed by atoms with Crippen LogP contribution >= 0.6 is 15.9 Å². The van der Waals surface area contributed by atoms with Crippen molar-refractivity contribution >= 4 is 27.5 Å². The largest absolute Gasteiger partial charge is 0.384 e. The molecule has 1 aromatic carbocycles. The minimum Gasteiger partial charge on any atom is -0.384 e. The maximum atomic E-state index is 7.85. The van der Waals surface area contributed by atoms with E-state index in [4.69, 9.17) is 11.1 Å². The van der Waals surface area contributed by atoms with Gasteiger partial charge in [-0.05, 0) is 49.8 Å². The summed E-state index contributed by atoms with van der Waals surface area (Å²) in [6.45, 7) is 1.10. The molecule has 0 bridgehead atoms. The van der Waals surface area contributed by atoms with Crippen LogP contribution in [-0.2, 0) is 0 Å². The number of fused-ring (bicyclic) bond motifs is 1. The first-order chi connectivity index (χ1) is 9.66. The van der Waals surface area contributed by atoms with Crippen molar-refractivity contribution in [3.63, 3.8) is 0 Å². The van der Waals surface area contributed by atoms with Crippen LogP contribution in [0.3, 0.4) is 0 Å². The van der Waals surface area contributed by atoms with E-state index in [-0.39, 0.29) is 5.84 Å². The van der Waals surface area contributed by atoms with E-state index >= 15 is 0 Å². The quantitative estimate of drug-likeness (QED) is 0.636. The van der Waals surface area contributed by atoms with Crippen LogP contribution in [0, 0.1) is 11.3 Å². The number of piperidine rings is 1. The van der Waals surface area contributed by atoms with Crippen LogP contribution in [0.2, 0.25) is 0 Å². The average Bonchev–Trinajstić information content (AvgIpc) is 2.46. The van der Waals surface area contributed by atoms with Crippen molar-refractivity contribution in [3.8, 4) is 0 Å². The Balaban J connectivity index is 1.96. The topological polar surface area (TPSA) is 53.1 Å². The van der Waals surface area contributed by atoms with Gasteiger partial charge >= 0.3 is 0 Å². The summed E-state index contributed by atoms with van der Waals surface area (Å²) in [6.07, 6.45) is 8.01. The van der Waals surface area contributed by atoms with Crippen LogP contribution in [0.4, 0.5) is 5.69 Å². The molecule has 0 aromatic heterocycles. The first-order valence-electron chi connectivity index (χ1n) is 7.57. The van der Waals surface area contributed by atoms with Crippen molar-refractivity contribution in [2.75, 3.05) is 11.4 Å². The molecule has 3 rings (SSSR count). The van der Waals surface area contributed by atoms with E-state index in [1.54, 1.807) is 0 Å². The number of benzene rings is 1. The Morgan fingerprint density at radius 2 is 1.95 bits per heavy atom. The number of halogens is 1. The molecule has 0 radical (unpaired) electrons. The predicted octanol–water partition coefficient (Wildman–Crippen LogP) is 3.89. The molecule has 3 N–H and O–H groups in total. The number of hydrogen-bond acceptors (Lipinski definition) is 2. The molecule has 1 saturated heterocycles. The summed E-state index contributed by atoms with van der Waals surface area (Å²) in [4.78, 5) is 2.52. The molecule has 2 fully saturated rings. The third-order valence-electron chi connectivity index (χ3n) is 4.80. The van der Waals surface area contributed by atoms with Crippen LogP contribution in [0.5, 0.6) is 0 Å². The van der Waals surface area contributed by atoms with Crippen LogP contribution in [0.1, 0.15) is 44.1 Å². The van der Waals surface area contributed by atoms with Crippen molar-refractivity contribution in [2.24, 2.45) is 11.7 Å². The van der Waals surface area contributed by atoms with Gasteiger partial charge in [0.05, 0.1) is 0 Å². The van der Waals surface area contributed by atoms with Gasteiger partial charge in [0, 0.05) is 28.3 Å². The van der Waals surface area contributed by atoms with E-state index in [0.29, 0.717) is 6.04 Å². The van der Waals surface area contributed by atoms with Gasteiger partial charge in [0.25, 0.3) is 0 Å². The molecule has 1 heterocycles. The highest BCUT2D eigenvalue weighted by atomic mass is 79.9. The van der Waals surface area contributed by atoms with Gasteiger partial charge in [0.1, 0.15) is 5.84 Å². The zero-order valence-corrected chi connectivity index (χ0v) is 13.3. The highest BCUT2D eigenvalue weighted by Crippen LogP contribution is 2.39. The van der Waals surface area contributed by atoms with Gasteiger partial charge in [-0.25, -0.2) is 0 Å². The summed E-state index contributed by atoms with van der Waals surface area (Å²) in [5.41, 5.74) is 7.81. The molecule has 0 amide bonds. The van der Waals surface area contributed by atoms with E-state index < -0.39 is 0 Å². The Kier molecular flexibility index (Phi) is 4.01. The normalized spacial score (nSPS) is 26.1. The maximum Gasteiger partial charge on any atom is 0.124 e. The van der Waals surface area contributed by atoms with E-state index in [9.17, 15) is 0 Å². The van der Waals surface area contributed by atoms with Crippen LogP contribution in [0.25, 0.3) is 0 Å². The summed E-state index contributed by atoms with van der Waals surface area (Å²) in [7, 11) is 0. The van der Waals surface area contributed by atoms with E-state index in [1.165, 1.54) is 38.5 Å². The van der Waals surface area contributed by atoms with Gasteiger partial charge in [0.2, 0.25) is 0 Å². The number of nitrogens with one attached hydrogen (secondary N) is 1. The Bertz CT molecular complexity index is 512. The van der Waals surface area contributed by atoms with E-state index in [2.05, 4.69) is 33.0 Å². The molecule has 4 heteroatoms. The Morgan fingerprint density at radius 3 is 2.75 bits per heavy atom. The average molecular weight is 336 g/mol. The lowest BCUT2D eigenvalue weighted by atomic mass is 9.78. The van der Waals surface area contributed by atoms with Crippen molar-refractivity contribution in [3.05, 3.63) is 28.2 Å². The summed E-state index contributed by atoms with van der Waals surface area (Å²) in [5.74, 6) is 1.00. The highest BCUT2D eigenvalue weighted by Gasteiger charge is 2.34. The first kappa shape index (κ1) is 13.9. The lowest BCUT2D eigenvalue weighted by molar-refractivity contribution is 0.244. The molecule has 2 aliphatic rings. The second-order valence-electron chi connectivity index (χ2n) is 6.02. The third-order valence-corrected chi connectivity index (χ3v) is 5.29. The number of nitrogens with two attached hydrogens (primary N) is 1. The van der Waals surface area contributed by atoms with Crippen LogP contribution < -0.4 is 10.6 Å². The zero-order chi connectivity index (χ0) is 14.1.